The number of hydrogen-bond donors (Lipinski definition) is 1. The molecule has 1 aromatic heterocycles. The number of ether oxygens (including phenoxy) is 1. The van der Waals surface area contributed by atoms with Gasteiger partial charge >= 0.3 is 5.69 Å². The quantitative estimate of drug-likeness (QED) is 0.684. The number of nitro groups is 1. The number of benzene rings is 1. The zero-order valence-corrected chi connectivity index (χ0v) is 11.2. The van der Waals surface area contributed by atoms with Crippen LogP contribution in [-0.2, 0) is 6.61 Å². The SMILES string of the molecule is Cc1cc(C)c(Oc2ncccc2CO)c([N+](=O)[O-])c1. The van der Waals surface area contributed by atoms with E-state index < -0.39 is 4.92 Å². The van der Waals surface area contributed by atoms with Crippen LogP contribution in [0.4, 0.5) is 5.69 Å². The number of rotatable bonds is 4. The molecule has 0 saturated carbocycles. The molecule has 0 radical (unpaired) electrons. The minimum atomic E-state index is -0.489. The summed E-state index contributed by atoms with van der Waals surface area (Å²) >= 11 is 0. The molecule has 0 spiro atoms. The van der Waals surface area contributed by atoms with Gasteiger partial charge in [-0.3, -0.25) is 10.1 Å². The van der Waals surface area contributed by atoms with Crippen molar-refractivity contribution in [1.82, 2.24) is 4.98 Å². The van der Waals surface area contributed by atoms with Crippen LogP contribution in [0.1, 0.15) is 16.7 Å². The molecular weight excluding hydrogens is 260 g/mol. The molecule has 0 bridgehead atoms. The molecule has 0 aliphatic carbocycles. The lowest BCUT2D eigenvalue weighted by Crippen LogP contribution is -2.00. The Morgan fingerprint density at radius 2 is 2.15 bits per heavy atom. The monoisotopic (exact) mass is 274 g/mol. The van der Waals surface area contributed by atoms with Crippen molar-refractivity contribution in [3.8, 4) is 11.6 Å². The molecule has 0 fully saturated rings. The minimum absolute atomic E-state index is 0.114. The standard InChI is InChI=1S/C14H14N2O4/c1-9-6-10(2)13(12(7-9)16(18)19)20-14-11(8-17)4-3-5-15-14/h3-7,17H,8H2,1-2H3. The van der Waals surface area contributed by atoms with E-state index in [0.717, 1.165) is 5.56 Å². The average Bonchev–Trinajstić information content (AvgIpc) is 2.41. The number of nitrogens with zero attached hydrogens (tertiary/aromatic N) is 2. The molecule has 0 aliphatic heterocycles. The van der Waals surface area contributed by atoms with Crippen LogP contribution in [0, 0.1) is 24.0 Å². The first-order chi connectivity index (χ1) is 9.52. The van der Waals surface area contributed by atoms with E-state index in [2.05, 4.69) is 4.98 Å². The number of aryl methyl sites for hydroxylation is 2. The fourth-order valence-corrected chi connectivity index (χ4v) is 1.93. The average molecular weight is 274 g/mol. The summed E-state index contributed by atoms with van der Waals surface area (Å²) in [5, 5.41) is 20.4. The van der Waals surface area contributed by atoms with Crippen molar-refractivity contribution in [3.05, 3.63) is 57.3 Å². The molecule has 2 aromatic rings. The van der Waals surface area contributed by atoms with Crippen LogP contribution in [0.5, 0.6) is 11.6 Å². The van der Waals surface area contributed by atoms with Gasteiger partial charge in [-0.2, -0.15) is 0 Å². The van der Waals surface area contributed by atoms with Gasteiger partial charge in [-0.05, 0) is 37.1 Å². The van der Waals surface area contributed by atoms with Crippen LogP contribution >= 0.6 is 0 Å². The first-order valence-electron chi connectivity index (χ1n) is 6.01. The number of aliphatic hydroxyl groups excluding tert-OH is 1. The summed E-state index contributed by atoms with van der Waals surface area (Å²) in [6, 6.07) is 6.56. The fraction of sp³-hybridized carbons (Fsp3) is 0.214. The minimum Gasteiger partial charge on any atom is -0.431 e. The van der Waals surface area contributed by atoms with Crippen LogP contribution in [0.2, 0.25) is 0 Å². The van der Waals surface area contributed by atoms with E-state index in [1.165, 1.54) is 12.3 Å². The van der Waals surface area contributed by atoms with Crippen molar-refractivity contribution >= 4 is 5.69 Å². The van der Waals surface area contributed by atoms with Gasteiger partial charge in [-0.25, -0.2) is 4.98 Å². The summed E-state index contributed by atoms with van der Waals surface area (Å²) < 4.78 is 5.57. The summed E-state index contributed by atoms with van der Waals surface area (Å²) in [6.45, 7) is 3.27. The Kier molecular flexibility index (Phi) is 3.95. The third-order valence-electron chi connectivity index (χ3n) is 2.82. The lowest BCUT2D eigenvalue weighted by molar-refractivity contribution is -0.385. The maximum absolute atomic E-state index is 11.1. The topological polar surface area (TPSA) is 85.5 Å². The highest BCUT2D eigenvalue weighted by Gasteiger charge is 2.20. The summed E-state index contributed by atoms with van der Waals surface area (Å²) in [5.41, 5.74) is 1.79. The van der Waals surface area contributed by atoms with E-state index in [4.69, 9.17) is 4.74 Å². The maximum atomic E-state index is 11.1. The molecule has 0 amide bonds. The van der Waals surface area contributed by atoms with Gasteiger partial charge in [-0.1, -0.05) is 6.07 Å². The van der Waals surface area contributed by atoms with Crippen molar-refractivity contribution in [3.63, 3.8) is 0 Å². The molecular formula is C14H14N2O4. The van der Waals surface area contributed by atoms with E-state index >= 15 is 0 Å². The Hall–Kier alpha value is -2.47. The number of pyridine rings is 1. The van der Waals surface area contributed by atoms with Crippen LogP contribution in [-0.4, -0.2) is 15.0 Å². The van der Waals surface area contributed by atoms with Crippen molar-refractivity contribution < 1.29 is 14.8 Å². The molecule has 1 aromatic carbocycles. The van der Waals surface area contributed by atoms with Gasteiger partial charge in [0, 0.05) is 17.8 Å². The molecule has 1 N–H and O–H groups in total. The van der Waals surface area contributed by atoms with E-state index in [1.807, 2.05) is 0 Å². The number of aliphatic hydroxyl groups is 1. The first-order valence-corrected chi connectivity index (χ1v) is 6.01. The molecule has 0 atom stereocenters. The highest BCUT2D eigenvalue weighted by atomic mass is 16.6. The normalized spacial score (nSPS) is 10.3. The summed E-state index contributed by atoms with van der Waals surface area (Å²) in [6.07, 6.45) is 1.50. The Labute approximate surface area is 115 Å². The Morgan fingerprint density at radius 1 is 1.40 bits per heavy atom. The Balaban J connectivity index is 2.50. The highest BCUT2D eigenvalue weighted by Crippen LogP contribution is 2.35. The first kappa shape index (κ1) is 14.0. The van der Waals surface area contributed by atoms with Gasteiger partial charge in [0.2, 0.25) is 11.6 Å². The number of aromatic nitrogens is 1. The number of hydrogen-bond acceptors (Lipinski definition) is 5. The highest BCUT2D eigenvalue weighted by molar-refractivity contribution is 5.55. The summed E-state index contributed by atoms with van der Waals surface area (Å²) in [7, 11) is 0. The predicted octanol–water partition coefficient (Wildman–Crippen LogP) is 2.89. The fourth-order valence-electron chi connectivity index (χ4n) is 1.93. The van der Waals surface area contributed by atoms with Crippen molar-refractivity contribution in [2.75, 3.05) is 0 Å². The molecule has 6 nitrogen and oxygen atoms in total. The van der Waals surface area contributed by atoms with Crippen molar-refractivity contribution in [2.45, 2.75) is 20.5 Å². The van der Waals surface area contributed by atoms with Crippen molar-refractivity contribution in [1.29, 1.82) is 0 Å². The van der Waals surface area contributed by atoms with Crippen LogP contribution in [0.25, 0.3) is 0 Å². The molecule has 2 rings (SSSR count). The van der Waals surface area contributed by atoms with Crippen LogP contribution in [0.3, 0.4) is 0 Å². The molecule has 0 unspecified atom stereocenters. The van der Waals surface area contributed by atoms with Gasteiger partial charge < -0.3 is 9.84 Å². The molecule has 0 aliphatic rings. The second-order valence-electron chi connectivity index (χ2n) is 4.42. The zero-order chi connectivity index (χ0) is 14.7. The number of nitro benzene ring substituents is 1. The largest absolute Gasteiger partial charge is 0.431 e. The Bertz CT molecular complexity index is 656. The van der Waals surface area contributed by atoms with E-state index in [9.17, 15) is 15.2 Å². The zero-order valence-electron chi connectivity index (χ0n) is 11.2. The van der Waals surface area contributed by atoms with Gasteiger partial charge in [0.15, 0.2) is 0 Å². The third-order valence-corrected chi connectivity index (χ3v) is 2.82. The van der Waals surface area contributed by atoms with E-state index in [0.29, 0.717) is 11.1 Å². The lowest BCUT2D eigenvalue weighted by atomic mass is 10.1. The smallest absolute Gasteiger partial charge is 0.312 e. The summed E-state index contributed by atoms with van der Waals surface area (Å²) in [4.78, 5) is 14.6. The van der Waals surface area contributed by atoms with E-state index in [1.54, 1.807) is 32.0 Å². The molecule has 6 heteroatoms. The van der Waals surface area contributed by atoms with E-state index in [-0.39, 0.29) is 23.9 Å². The lowest BCUT2D eigenvalue weighted by Gasteiger charge is -2.11. The molecule has 104 valence electrons. The summed E-state index contributed by atoms with van der Waals surface area (Å²) in [5.74, 6) is 0.319. The van der Waals surface area contributed by atoms with Crippen molar-refractivity contribution in [2.24, 2.45) is 0 Å². The van der Waals surface area contributed by atoms with Crippen LogP contribution < -0.4 is 4.74 Å². The molecule has 0 saturated heterocycles. The van der Waals surface area contributed by atoms with Crippen LogP contribution in [0.15, 0.2) is 30.5 Å². The molecule has 20 heavy (non-hydrogen) atoms. The van der Waals surface area contributed by atoms with Gasteiger partial charge in [0.1, 0.15) is 0 Å². The maximum Gasteiger partial charge on any atom is 0.312 e. The Morgan fingerprint density at radius 3 is 2.80 bits per heavy atom. The molecule has 1 heterocycles. The second kappa shape index (κ2) is 5.66. The third kappa shape index (κ3) is 2.75. The second-order valence-corrected chi connectivity index (χ2v) is 4.42. The van der Waals surface area contributed by atoms with Gasteiger partial charge in [0.05, 0.1) is 11.5 Å². The van der Waals surface area contributed by atoms with Gasteiger partial charge in [-0.15, -0.1) is 0 Å². The predicted molar refractivity (Wildman–Crippen MR) is 72.8 cm³/mol. The van der Waals surface area contributed by atoms with Gasteiger partial charge in [0.25, 0.3) is 0 Å².